The molecular weight excluding hydrogens is 358 g/mol. The minimum Gasteiger partial charge on any atom is -0.494 e. The van der Waals surface area contributed by atoms with E-state index >= 15 is 0 Å². The highest BCUT2D eigenvalue weighted by Gasteiger charge is 2.31. The first-order chi connectivity index (χ1) is 13.7. The van der Waals surface area contributed by atoms with Crippen molar-refractivity contribution in [2.75, 3.05) is 26.5 Å². The second-order valence-corrected chi connectivity index (χ2v) is 7.17. The van der Waals surface area contributed by atoms with Crippen molar-refractivity contribution in [3.8, 4) is 17.2 Å². The molecule has 1 unspecified atom stereocenters. The molecule has 6 nitrogen and oxygen atoms in total. The summed E-state index contributed by atoms with van der Waals surface area (Å²) >= 11 is 0. The minimum atomic E-state index is -0.697. The van der Waals surface area contributed by atoms with Crippen LogP contribution in [0.3, 0.4) is 0 Å². The Bertz CT molecular complexity index is 845. The summed E-state index contributed by atoms with van der Waals surface area (Å²) in [6.45, 7) is 4.29. The first kappa shape index (κ1) is 18.6. The number of carboxylic acid groups (broad SMARTS) is 1. The summed E-state index contributed by atoms with van der Waals surface area (Å²) in [5.41, 5.74) is 2.23. The number of rotatable bonds is 6. The van der Waals surface area contributed by atoms with Crippen molar-refractivity contribution in [3.63, 3.8) is 0 Å². The summed E-state index contributed by atoms with van der Waals surface area (Å²) in [5.74, 6) is 1.39. The van der Waals surface area contributed by atoms with Gasteiger partial charge in [-0.05, 0) is 68.2 Å². The molecule has 1 atom stereocenters. The molecule has 0 spiro atoms. The zero-order valence-electron chi connectivity index (χ0n) is 16.0. The van der Waals surface area contributed by atoms with E-state index in [2.05, 4.69) is 23.1 Å². The number of fused-ring (bicyclic) bond motifs is 1. The van der Waals surface area contributed by atoms with E-state index in [0.717, 1.165) is 41.5 Å². The molecule has 0 bridgehead atoms. The smallest absolute Gasteiger partial charge is 0.306 e. The lowest BCUT2D eigenvalue weighted by molar-refractivity contribution is -0.143. The van der Waals surface area contributed by atoms with Crippen LogP contribution in [0.2, 0.25) is 0 Å². The van der Waals surface area contributed by atoms with E-state index in [1.807, 2.05) is 31.2 Å². The Hall–Kier alpha value is -2.73. The average molecular weight is 383 g/mol. The maximum Gasteiger partial charge on any atom is 0.306 e. The molecule has 2 aliphatic rings. The minimum absolute atomic E-state index is 0.00431. The highest BCUT2D eigenvalue weighted by atomic mass is 16.7. The molecule has 0 amide bonds. The zero-order valence-corrected chi connectivity index (χ0v) is 16.0. The highest BCUT2D eigenvalue weighted by molar-refractivity contribution is 5.70. The number of benzene rings is 2. The van der Waals surface area contributed by atoms with Crippen molar-refractivity contribution in [3.05, 3.63) is 53.6 Å². The Balaban J connectivity index is 1.67. The van der Waals surface area contributed by atoms with Crippen LogP contribution in [0, 0.1) is 5.92 Å². The number of aliphatic carboxylic acids is 1. The molecule has 148 valence electrons. The lowest BCUT2D eigenvalue weighted by atomic mass is 9.91. The van der Waals surface area contributed by atoms with Gasteiger partial charge in [0.1, 0.15) is 5.75 Å². The van der Waals surface area contributed by atoms with Crippen LogP contribution in [0.4, 0.5) is 0 Å². The molecule has 28 heavy (non-hydrogen) atoms. The molecule has 2 heterocycles. The van der Waals surface area contributed by atoms with Crippen molar-refractivity contribution in [1.29, 1.82) is 0 Å². The lowest BCUT2D eigenvalue weighted by Gasteiger charge is -2.37. The third kappa shape index (κ3) is 3.78. The molecule has 1 saturated heterocycles. The second kappa shape index (κ2) is 8.10. The maximum absolute atomic E-state index is 11.3. The third-order valence-electron chi connectivity index (χ3n) is 5.44. The molecule has 0 saturated carbocycles. The standard InChI is InChI=1S/C22H25NO5/c1-2-26-18-5-3-4-16(12-18)21(23-10-8-15(9-11-23)22(24)25)17-6-7-19-20(13-17)28-14-27-19/h3-7,12-13,15,21H,2,8-11,14H2,1H3,(H,24,25). The van der Waals surface area contributed by atoms with Gasteiger partial charge in [-0.15, -0.1) is 0 Å². The fraction of sp³-hybridized carbons (Fsp3) is 0.409. The van der Waals surface area contributed by atoms with E-state index in [4.69, 9.17) is 14.2 Å². The van der Waals surface area contributed by atoms with Crippen LogP contribution >= 0.6 is 0 Å². The monoisotopic (exact) mass is 383 g/mol. The van der Waals surface area contributed by atoms with Gasteiger partial charge in [0.05, 0.1) is 18.6 Å². The normalized spacial score (nSPS) is 18.0. The Morgan fingerprint density at radius 2 is 1.89 bits per heavy atom. The summed E-state index contributed by atoms with van der Waals surface area (Å²) < 4.78 is 16.7. The third-order valence-corrected chi connectivity index (χ3v) is 5.44. The van der Waals surface area contributed by atoms with Gasteiger partial charge in [0.2, 0.25) is 6.79 Å². The van der Waals surface area contributed by atoms with E-state index in [0.29, 0.717) is 19.4 Å². The van der Waals surface area contributed by atoms with Crippen molar-refractivity contribution in [2.24, 2.45) is 5.92 Å². The average Bonchev–Trinajstić information content (AvgIpc) is 3.17. The quantitative estimate of drug-likeness (QED) is 0.820. The van der Waals surface area contributed by atoms with Gasteiger partial charge in [-0.1, -0.05) is 18.2 Å². The van der Waals surface area contributed by atoms with Crippen LogP contribution in [0.5, 0.6) is 17.2 Å². The number of piperidine rings is 1. The predicted molar refractivity (Wildman–Crippen MR) is 104 cm³/mol. The topological polar surface area (TPSA) is 68.2 Å². The van der Waals surface area contributed by atoms with Crippen molar-refractivity contribution in [2.45, 2.75) is 25.8 Å². The van der Waals surface area contributed by atoms with E-state index < -0.39 is 5.97 Å². The molecule has 0 aliphatic carbocycles. The largest absolute Gasteiger partial charge is 0.494 e. The van der Waals surface area contributed by atoms with Gasteiger partial charge in [-0.3, -0.25) is 9.69 Å². The summed E-state index contributed by atoms with van der Waals surface area (Å²) in [6, 6.07) is 14.2. The fourth-order valence-corrected chi connectivity index (χ4v) is 4.04. The summed E-state index contributed by atoms with van der Waals surface area (Å²) in [7, 11) is 0. The lowest BCUT2D eigenvalue weighted by Crippen LogP contribution is -2.39. The SMILES string of the molecule is CCOc1cccc(C(c2ccc3c(c2)OCO3)N2CCC(C(=O)O)CC2)c1. The predicted octanol–water partition coefficient (Wildman–Crippen LogP) is 3.70. The van der Waals surface area contributed by atoms with Gasteiger partial charge in [0, 0.05) is 0 Å². The van der Waals surface area contributed by atoms with Crippen LogP contribution in [-0.4, -0.2) is 42.5 Å². The molecule has 1 fully saturated rings. The number of carbonyl (C=O) groups is 1. The fourth-order valence-electron chi connectivity index (χ4n) is 4.04. The Morgan fingerprint density at radius 1 is 1.14 bits per heavy atom. The van der Waals surface area contributed by atoms with Gasteiger partial charge in [-0.2, -0.15) is 0 Å². The Morgan fingerprint density at radius 3 is 2.64 bits per heavy atom. The van der Waals surface area contributed by atoms with Gasteiger partial charge in [-0.25, -0.2) is 0 Å². The van der Waals surface area contributed by atoms with Crippen LogP contribution in [0.25, 0.3) is 0 Å². The molecule has 2 aliphatic heterocycles. The molecule has 2 aromatic carbocycles. The first-order valence-electron chi connectivity index (χ1n) is 9.75. The van der Waals surface area contributed by atoms with Gasteiger partial charge in [0.15, 0.2) is 11.5 Å². The van der Waals surface area contributed by atoms with Crippen LogP contribution in [0.15, 0.2) is 42.5 Å². The summed E-state index contributed by atoms with van der Waals surface area (Å²) in [5, 5.41) is 9.33. The summed E-state index contributed by atoms with van der Waals surface area (Å²) in [6.07, 6.45) is 1.31. The number of ether oxygens (including phenoxy) is 3. The number of nitrogens with zero attached hydrogens (tertiary/aromatic N) is 1. The van der Waals surface area contributed by atoms with Gasteiger partial charge < -0.3 is 19.3 Å². The molecule has 6 heteroatoms. The van der Waals surface area contributed by atoms with E-state index in [1.54, 1.807) is 0 Å². The van der Waals surface area contributed by atoms with Gasteiger partial charge in [0.25, 0.3) is 0 Å². The van der Waals surface area contributed by atoms with Crippen LogP contribution in [0.1, 0.15) is 36.9 Å². The van der Waals surface area contributed by atoms with Crippen molar-refractivity contribution in [1.82, 2.24) is 4.90 Å². The Labute approximate surface area is 164 Å². The molecule has 2 aromatic rings. The van der Waals surface area contributed by atoms with Crippen LogP contribution < -0.4 is 14.2 Å². The maximum atomic E-state index is 11.3. The van der Waals surface area contributed by atoms with Crippen molar-refractivity contribution >= 4 is 5.97 Å². The summed E-state index contributed by atoms with van der Waals surface area (Å²) in [4.78, 5) is 13.7. The molecule has 0 aromatic heterocycles. The second-order valence-electron chi connectivity index (χ2n) is 7.17. The van der Waals surface area contributed by atoms with E-state index in [9.17, 15) is 9.90 Å². The molecular formula is C22H25NO5. The van der Waals surface area contributed by atoms with E-state index in [-0.39, 0.29) is 18.8 Å². The first-order valence-corrected chi connectivity index (χ1v) is 9.75. The van der Waals surface area contributed by atoms with Crippen molar-refractivity contribution < 1.29 is 24.1 Å². The molecule has 4 rings (SSSR count). The van der Waals surface area contributed by atoms with Crippen LogP contribution in [-0.2, 0) is 4.79 Å². The molecule has 1 N–H and O–H groups in total. The van der Waals surface area contributed by atoms with E-state index in [1.165, 1.54) is 0 Å². The Kier molecular flexibility index (Phi) is 5.39. The zero-order chi connectivity index (χ0) is 19.5. The number of carboxylic acids is 1. The number of likely N-dealkylation sites (tertiary alicyclic amines) is 1. The number of hydrogen-bond acceptors (Lipinski definition) is 5. The molecule has 0 radical (unpaired) electrons. The van der Waals surface area contributed by atoms with Gasteiger partial charge >= 0.3 is 5.97 Å². The number of hydrogen-bond donors (Lipinski definition) is 1. The highest BCUT2D eigenvalue weighted by Crippen LogP contribution is 2.39.